The van der Waals surface area contributed by atoms with Crippen molar-refractivity contribution in [3.05, 3.63) is 22.4 Å². The van der Waals surface area contributed by atoms with E-state index in [1.165, 1.54) is 7.11 Å². The first-order valence-electron chi connectivity index (χ1n) is 7.19. The molecule has 0 bridgehead atoms. The zero-order chi connectivity index (χ0) is 15.2. The Hall–Kier alpha value is -1.40. The maximum absolute atomic E-state index is 11.6. The highest BCUT2D eigenvalue weighted by Crippen LogP contribution is 2.29. The van der Waals surface area contributed by atoms with E-state index in [0.29, 0.717) is 6.42 Å². The van der Waals surface area contributed by atoms with Crippen molar-refractivity contribution in [2.24, 2.45) is 5.92 Å². The van der Waals surface area contributed by atoms with Gasteiger partial charge in [-0.05, 0) is 30.7 Å². The Morgan fingerprint density at radius 3 is 2.95 bits per heavy atom. The van der Waals surface area contributed by atoms with Gasteiger partial charge in [0.1, 0.15) is 0 Å². The minimum atomic E-state index is -0.720. The topological polar surface area (TPSA) is 75.6 Å². The third kappa shape index (κ3) is 4.54. The summed E-state index contributed by atoms with van der Waals surface area (Å²) in [6.45, 7) is 0. The molecule has 6 heteroatoms. The Morgan fingerprint density at radius 1 is 1.52 bits per heavy atom. The van der Waals surface area contributed by atoms with Crippen LogP contribution in [0.1, 0.15) is 43.0 Å². The van der Waals surface area contributed by atoms with Gasteiger partial charge in [0, 0.05) is 10.9 Å². The Balaban J connectivity index is 2.01. The average Bonchev–Trinajstić information content (AvgIpc) is 3.01. The van der Waals surface area contributed by atoms with Crippen LogP contribution in [0, 0.1) is 5.92 Å². The van der Waals surface area contributed by atoms with E-state index >= 15 is 0 Å². The number of hydrogen-bond acceptors (Lipinski definition) is 5. The predicted octanol–water partition coefficient (Wildman–Crippen LogP) is 2.59. The van der Waals surface area contributed by atoms with Gasteiger partial charge < -0.3 is 15.2 Å². The molecule has 0 spiro atoms. The summed E-state index contributed by atoms with van der Waals surface area (Å²) in [5.41, 5.74) is 0. The molecule has 0 radical (unpaired) electrons. The molecule has 0 amide bonds. The monoisotopic (exact) mass is 311 g/mol. The SMILES string of the molecule is COC(=O)CC(NC1CCCC(C(=O)O)C1)c1cccs1. The van der Waals surface area contributed by atoms with Crippen molar-refractivity contribution in [3.8, 4) is 0 Å². The average molecular weight is 311 g/mol. The van der Waals surface area contributed by atoms with Crippen LogP contribution in [0.2, 0.25) is 0 Å². The highest BCUT2D eigenvalue weighted by atomic mass is 32.1. The molecule has 1 aliphatic carbocycles. The Morgan fingerprint density at radius 2 is 2.33 bits per heavy atom. The van der Waals surface area contributed by atoms with E-state index in [1.54, 1.807) is 11.3 Å². The molecular formula is C15H21NO4S. The summed E-state index contributed by atoms with van der Waals surface area (Å²) in [7, 11) is 1.38. The van der Waals surface area contributed by atoms with Gasteiger partial charge in [-0.2, -0.15) is 0 Å². The molecule has 0 saturated heterocycles. The van der Waals surface area contributed by atoms with E-state index in [2.05, 4.69) is 5.32 Å². The predicted molar refractivity (Wildman–Crippen MR) is 80.2 cm³/mol. The second-order valence-corrected chi connectivity index (χ2v) is 6.39. The van der Waals surface area contributed by atoms with Crippen molar-refractivity contribution < 1.29 is 19.4 Å². The third-order valence-electron chi connectivity index (χ3n) is 3.95. The maximum atomic E-state index is 11.6. The minimum absolute atomic E-state index is 0.102. The molecule has 2 N–H and O–H groups in total. The zero-order valence-corrected chi connectivity index (χ0v) is 12.9. The van der Waals surface area contributed by atoms with E-state index in [4.69, 9.17) is 9.84 Å². The molecule has 1 aliphatic rings. The van der Waals surface area contributed by atoms with E-state index < -0.39 is 5.97 Å². The molecular weight excluding hydrogens is 290 g/mol. The van der Waals surface area contributed by atoms with Crippen LogP contribution in [0.15, 0.2) is 17.5 Å². The number of hydrogen-bond donors (Lipinski definition) is 2. The van der Waals surface area contributed by atoms with Crippen molar-refractivity contribution in [1.82, 2.24) is 5.32 Å². The van der Waals surface area contributed by atoms with Crippen molar-refractivity contribution in [2.45, 2.75) is 44.2 Å². The highest BCUT2D eigenvalue weighted by Gasteiger charge is 2.29. The van der Waals surface area contributed by atoms with Gasteiger partial charge in [-0.1, -0.05) is 12.5 Å². The summed E-state index contributed by atoms with van der Waals surface area (Å²) in [4.78, 5) is 23.8. The Kier molecular flexibility index (Phi) is 5.76. The fourth-order valence-corrected chi connectivity index (χ4v) is 3.62. The highest BCUT2D eigenvalue weighted by molar-refractivity contribution is 7.10. The van der Waals surface area contributed by atoms with Gasteiger partial charge in [0.05, 0.1) is 25.5 Å². The third-order valence-corrected chi connectivity index (χ3v) is 4.93. The summed E-state index contributed by atoms with van der Waals surface area (Å²) in [6.07, 6.45) is 3.49. The maximum Gasteiger partial charge on any atom is 0.307 e. The number of carboxylic acids is 1. The molecule has 1 aromatic rings. The van der Waals surface area contributed by atoms with Gasteiger partial charge in [-0.25, -0.2) is 0 Å². The van der Waals surface area contributed by atoms with Crippen LogP contribution in [0.4, 0.5) is 0 Å². The lowest BCUT2D eigenvalue weighted by Gasteiger charge is -2.30. The van der Waals surface area contributed by atoms with E-state index in [-0.39, 0.29) is 30.4 Å². The first-order valence-corrected chi connectivity index (χ1v) is 8.07. The van der Waals surface area contributed by atoms with E-state index in [1.807, 2.05) is 17.5 Å². The number of nitrogens with one attached hydrogen (secondary N) is 1. The van der Waals surface area contributed by atoms with Gasteiger partial charge in [0.25, 0.3) is 0 Å². The first kappa shape index (κ1) is 16.0. The summed E-state index contributed by atoms with van der Waals surface area (Å²) in [5, 5.41) is 14.6. The standard InChI is InChI=1S/C15H21NO4S/c1-20-14(17)9-12(13-6-3-7-21-13)16-11-5-2-4-10(8-11)15(18)19/h3,6-7,10-12,16H,2,4-5,8-9H2,1H3,(H,18,19). The Labute approximate surface area is 128 Å². The van der Waals surface area contributed by atoms with Crippen LogP contribution in [-0.2, 0) is 14.3 Å². The molecule has 0 aliphatic heterocycles. The van der Waals surface area contributed by atoms with Crippen molar-refractivity contribution >= 4 is 23.3 Å². The van der Waals surface area contributed by atoms with Crippen LogP contribution in [-0.4, -0.2) is 30.2 Å². The molecule has 116 valence electrons. The van der Waals surface area contributed by atoms with Crippen LogP contribution >= 0.6 is 11.3 Å². The van der Waals surface area contributed by atoms with Gasteiger partial charge >= 0.3 is 11.9 Å². The molecule has 1 fully saturated rings. The quantitative estimate of drug-likeness (QED) is 0.790. The van der Waals surface area contributed by atoms with Crippen molar-refractivity contribution in [3.63, 3.8) is 0 Å². The fourth-order valence-electron chi connectivity index (χ4n) is 2.83. The molecule has 1 saturated carbocycles. The van der Waals surface area contributed by atoms with Gasteiger partial charge in [0.15, 0.2) is 0 Å². The number of aliphatic carboxylic acids is 1. The van der Waals surface area contributed by atoms with E-state index in [9.17, 15) is 9.59 Å². The molecule has 21 heavy (non-hydrogen) atoms. The molecule has 2 rings (SSSR count). The molecule has 1 aromatic heterocycles. The fraction of sp³-hybridized carbons (Fsp3) is 0.600. The van der Waals surface area contributed by atoms with Crippen LogP contribution in [0.5, 0.6) is 0 Å². The lowest BCUT2D eigenvalue weighted by Crippen LogP contribution is -2.39. The second kappa shape index (κ2) is 7.56. The van der Waals surface area contributed by atoms with Gasteiger partial charge in [-0.15, -0.1) is 11.3 Å². The first-order chi connectivity index (χ1) is 10.1. The molecule has 5 nitrogen and oxygen atoms in total. The number of carboxylic acid groups (broad SMARTS) is 1. The lowest BCUT2D eigenvalue weighted by molar-refractivity contribution is -0.144. The van der Waals surface area contributed by atoms with Crippen LogP contribution in [0.25, 0.3) is 0 Å². The van der Waals surface area contributed by atoms with Gasteiger partial charge in [-0.3, -0.25) is 9.59 Å². The molecule has 0 aromatic carbocycles. The van der Waals surface area contributed by atoms with Crippen LogP contribution in [0.3, 0.4) is 0 Å². The second-order valence-electron chi connectivity index (χ2n) is 5.41. The van der Waals surface area contributed by atoms with Crippen molar-refractivity contribution in [2.75, 3.05) is 7.11 Å². The van der Waals surface area contributed by atoms with Gasteiger partial charge in [0.2, 0.25) is 0 Å². The Bertz CT molecular complexity index is 474. The normalized spacial score (nSPS) is 23.5. The number of carbonyl (C=O) groups is 2. The zero-order valence-electron chi connectivity index (χ0n) is 12.1. The largest absolute Gasteiger partial charge is 0.481 e. The summed E-state index contributed by atoms with van der Waals surface area (Å²) in [6, 6.07) is 3.97. The smallest absolute Gasteiger partial charge is 0.307 e. The van der Waals surface area contributed by atoms with Crippen molar-refractivity contribution in [1.29, 1.82) is 0 Å². The molecule has 1 heterocycles. The summed E-state index contributed by atoms with van der Waals surface area (Å²) < 4.78 is 4.76. The summed E-state index contributed by atoms with van der Waals surface area (Å²) in [5.74, 6) is -1.26. The number of rotatable bonds is 6. The number of esters is 1. The molecule has 3 unspecified atom stereocenters. The number of methoxy groups -OCH3 is 1. The van der Waals surface area contributed by atoms with E-state index in [0.717, 1.165) is 24.1 Å². The number of carbonyl (C=O) groups excluding carboxylic acids is 1. The van der Waals surface area contributed by atoms with Crippen LogP contribution < -0.4 is 5.32 Å². The number of ether oxygens (including phenoxy) is 1. The minimum Gasteiger partial charge on any atom is -0.481 e. The molecule has 3 atom stereocenters. The number of thiophene rings is 1. The lowest BCUT2D eigenvalue weighted by atomic mass is 9.85. The summed E-state index contributed by atoms with van der Waals surface area (Å²) >= 11 is 1.59.